The van der Waals surface area contributed by atoms with Crippen molar-refractivity contribution in [1.82, 2.24) is 5.32 Å². The van der Waals surface area contributed by atoms with E-state index in [9.17, 15) is 4.79 Å². The molecule has 0 heterocycles. The molecular weight excluding hydrogens is 262 g/mol. The summed E-state index contributed by atoms with van der Waals surface area (Å²) < 4.78 is 5.50. The molecule has 1 N–H and O–H groups in total. The highest BCUT2D eigenvalue weighted by Gasteiger charge is 2.14. The van der Waals surface area contributed by atoms with E-state index in [1.165, 1.54) is 12.0 Å². The number of aryl methyl sites for hydroxylation is 2. The summed E-state index contributed by atoms with van der Waals surface area (Å²) in [5.41, 5.74) is 3.17. The van der Waals surface area contributed by atoms with Crippen LogP contribution in [0.3, 0.4) is 0 Å². The summed E-state index contributed by atoms with van der Waals surface area (Å²) in [6, 6.07) is 5.75. The van der Waals surface area contributed by atoms with E-state index in [1.807, 2.05) is 32.0 Å². The molecule has 1 unspecified atom stereocenters. The van der Waals surface area contributed by atoms with Gasteiger partial charge in [0, 0.05) is 18.8 Å². The summed E-state index contributed by atoms with van der Waals surface area (Å²) in [7, 11) is 0. The smallest absolute Gasteiger partial charge is 0.179 e. The molecule has 0 bridgehead atoms. The van der Waals surface area contributed by atoms with Crippen molar-refractivity contribution in [3.63, 3.8) is 0 Å². The predicted octanol–water partition coefficient (Wildman–Crippen LogP) is 3.67. The van der Waals surface area contributed by atoms with Gasteiger partial charge in [-0.25, -0.2) is 0 Å². The van der Waals surface area contributed by atoms with Gasteiger partial charge in [-0.2, -0.15) is 0 Å². The van der Waals surface area contributed by atoms with Gasteiger partial charge in [0.25, 0.3) is 0 Å². The summed E-state index contributed by atoms with van der Waals surface area (Å²) in [6.45, 7) is 10.6. The van der Waals surface area contributed by atoms with Crippen molar-refractivity contribution in [3.8, 4) is 0 Å². The Kier molecular flexibility index (Phi) is 8.24. The summed E-state index contributed by atoms with van der Waals surface area (Å²) in [4.78, 5) is 12.3. The van der Waals surface area contributed by atoms with Gasteiger partial charge in [0.05, 0.1) is 6.04 Å². The van der Waals surface area contributed by atoms with Crippen LogP contribution in [0, 0.1) is 13.8 Å². The number of Topliss-reactive ketones (excluding diaryl/α,β-unsaturated/α-hetero) is 1. The number of carbonyl (C=O) groups is 1. The molecule has 1 aromatic carbocycles. The van der Waals surface area contributed by atoms with E-state index in [-0.39, 0.29) is 11.8 Å². The molecule has 0 aliphatic carbocycles. The number of unbranched alkanes of at least 4 members (excludes halogenated alkanes) is 1. The summed E-state index contributed by atoms with van der Waals surface area (Å²) in [5.74, 6) is 0.157. The zero-order chi connectivity index (χ0) is 15.7. The Hall–Kier alpha value is -1.19. The third-order valence-corrected chi connectivity index (χ3v) is 3.74. The highest BCUT2D eigenvalue weighted by atomic mass is 16.5. The number of ketones is 1. The highest BCUT2D eigenvalue weighted by Crippen LogP contribution is 2.11. The van der Waals surface area contributed by atoms with Crippen LogP contribution in [0.5, 0.6) is 0 Å². The van der Waals surface area contributed by atoms with Crippen molar-refractivity contribution < 1.29 is 9.53 Å². The van der Waals surface area contributed by atoms with E-state index in [2.05, 4.69) is 19.2 Å². The Morgan fingerprint density at radius 3 is 2.57 bits per heavy atom. The maximum Gasteiger partial charge on any atom is 0.179 e. The summed E-state index contributed by atoms with van der Waals surface area (Å²) in [5, 5.41) is 3.28. The second-order valence-corrected chi connectivity index (χ2v) is 5.66. The van der Waals surface area contributed by atoms with Crippen molar-refractivity contribution in [1.29, 1.82) is 0 Å². The maximum absolute atomic E-state index is 12.3. The molecule has 1 aromatic rings. The van der Waals surface area contributed by atoms with Gasteiger partial charge in [0.1, 0.15) is 0 Å². The zero-order valence-electron chi connectivity index (χ0n) is 13.9. The van der Waals surface area contributed by atoms with Crippen molar-refractivity contribution in [2.45, 2.75) is 53.0 Å². The second kappa shape index (κ2) is 9.69. The van der Waals surface area contributed by atoms with Gasteiger partial charge in [-0.3, -0.25) is 4.79 Å². The number of ether oxygens (including phenoxy) is 1. The van der Waals surface area contributed by atoms with Crippen LogP contribution in [0.25, 0.3) is 0 Å². The lowest BCUT2D eigenvalue weighted by molar-refractivity contribution is 0.0944. The molecule has 3 heteroatoms. The SMILES string of the molecule is CCCCOCCCNC(C)C(=O)c1ccc(C)c(C)c1. The molecule has 0 aliphatic heterocycles. The van der Waals surface area contributed by atoms with Gasteiger partial charge in [-0.15, -0.1) is 0 Å². The molecule has 0 saturated heterocycles. The molecule has 118 valence electrons. The van der Waals surface area contributed by atoms with Crippen LogP contribution in [-0.4, -0.2) is 31.6 Å². The minimum atomic E-state index is -0.150. The Bertz CT molecular complexity index is 443. The number of nitrogens with one attached hydrogen (secondary N) is 1. The topological polar surface area (TPSA) is 38.3 Å². The molecule has 0 aromatic heterocycles. The van der Waals surface area contributed by atoms with E-state index < -0.39 is 0 Å². The largest absolute Gasteiger partial charge is 0.381 e. The van der Waals surface area contributed by atoms with Gasteiger partial charge in [0.2, 0.25) is 0 Å². The lowest BCUT2D eigenvalue weighted by Gasteiger charge is -2.13. The Morgan fingerprint density at radius 2 is 1.90 bits per heavy atom. The number of benzene rings is 1. The molecule has 0 fully saturated rings. The van der Waals surface area contributed by atoms with Crippen LogP contribution in [0.4, 0.5) is 0 Å². The first-order valence-corrected chi connectivity index (χ1v) is 7.98. The fourth-order valence-electron chi connectivity index (χ4n) is 2.08. The summed E-state index contributed by atoms with van der Waals surface area (Å²) in [6.07, 6.45) is 3.23. The Morgan fingerprint density at radius 1 is 1.19 bits per heavy atom. The van der Waals surface area contributed by atoms with Gasteiger partial charge in [-0.1, -0.05) is 25.5 Å². The lowest BCUT2D eigenvalue weighted by Crippen LogP contribution is -2.35. The molecule has 0 radical (unpaired) electrons. The van der Waals surface area contributed by atoms with E-state index >= 15 is 0 Å². The molecule has 0 amide bonds. The number of hydrogen-bond donors (Lipinski definition) is 1. The standard InChI is InChI=1S/C18H29NO2/c1-5-6-11-21-12-7-10-19-16(4)18(20)17-9-8-14(2)15(3)13-17/h8-9,13,16,19H,5-7,10-12H2,1-4H3. The second-order valence-electron chi connectivity index (χ2n) is 5.66. The van der Waals surface area contributed by atoms with Crippen molar-refractivity contribution >= 4 is 5.78 Å². The normalized spacial score (nSPS) is 12.4. The fourth-order valence-corrected chi connectivity index (χ4v) is 2.08. The third-order valence-electron chi connectivity index (χ3n) is 3.74. The zero-order valence-corrected chi connectivity index (χ0v) is 13.9. The van der Waals surface area contributed by atoms with E-state index in [4.69, 9.17) is 4.74 Å². The van der Waals surface area contributed by atoms with Crippen molar-refractivity contribution in [2.24, 2.45) is 0 Å². The van der Waals surface area contributed by atoms with Crippen molar-refractivity contribution in [3.05, 3.63) is 34.9 Å². The average molecular weight is 291 g/mol. The first kappa shape index (κ1) is 17.9. The third kappa shape index (κ3) is 6.40. The van der Waals surface area contributed by atoms with Gasteiger partial charge in [-0.05, 0) is 57.4 Å². The number of carbonyl (C=O) groups excluding carboxylic acids is 1. The van der Waals surface area contributed by atoms with Crippen LogP contribution < -0.4 is 5.32 Å². The molecule has 0 aliphatic rings. The molecule has 1 rings (SSSR count). The number of hydrogen-bond acceptors (Lipinski definition) is 3. The Balaban J connectivity index is 2.29. The minimum Gasteiger partial charge on any atom is -0.381 e. The monoisotopic (exact) mass is 291 g/mol. The minimum absolute atomic E-state index is 0.150. The van der Waals surface area contributed by atoms with Crippen LogP contribution in [0.2, 0.25) is 0 Å². The number of rotatable bonds is 10. The van der Waals surface area contributed by atoms with Crippen molar-refractivity contribution in [2.75, 3.05) is 19.8 Å². The summed E-state index contributed by atoms with van der Waals surface area (Å²) >= 11 is 0. The quantitative estimate of drug-likeness (QED) is 0.528. The molecule has 3 nitrogen and oxygen atoms in total. The van der Waals surface area contributed by atoms with Crippen LogP contribution in [0.15, 0.2) is 18.2 Å². The van der Waals surface area contributed by atoms with Gasteiger partial charge >= 0.3 is 0 Å². The average Bonchev–Trinajstić information content (AvgIpc) is 2.48. The molecule has 0 saturated carbocycles. The molecular formula is C18H29NO2. The van der Waals surface area contributed by atoms with Gasteiger partial charge in [0.15, 0.2) is 5.78 Å². The lowest BCUT2D eigenvalue weighted by atomic mass is 10.0. The molecule has 21 heavy (non-hydrogen) atoms. The predicted molar refractivity (Wildman–Crippen MR) is 88.1 cm³/mol. The molecule has 1 atom stereocenters. The van der Waals surface area contributed by atoms with E-state index in [1.54, 1.807) is 0 Å². The van der Waals surface area contributed by atoms with E-state index in [0.29, 0.717) is 0 Å². The molecule has 0 spiro atoms. The maximum atomic E-state index is 12.3. The first-order chi connectivity index (χ1) is 10.1. The van der Waals surface area contributed by atoms with Gasteiger partial charge < -0.3 is 10.1 Å². The first-order valence-electron chi connectivity index (χ1n) is 7.98. The Labute approximate surface area is 129 Å². The fraction of sp³-hybridized carbons (Fsp3) is 0.611. The van der Waals surface area contributed by atoms with Crippen LogP contribution in [-0.2, 0) is 4.74 Å². The van der Waals surface area contributed by atoms with E-state index in [0.717, 1.165) is 43.7 Å². The van der Waals surface area contributed by atoms with Crippen LogP contribution >= 0.6 is 0 Å². The van der Waals surface area contributed by atoms with Crippen LogP contribution in [0.1, 0.15) is 54.6 Å². The highest BCUT2D eigenvalue weighted by molar-refractivity contribution is 6.00.